The fourth-order valence-electron chi connectivity index (χ4n) is 1.23. The summed E-state index contributed by atoms with van der Waals surface area (Å²) in [7, 11) is 0. The molecule has 0 atom stereocenters. The highest BCUT2D eigenvalue weighted by Gasteiger charge is 2.14. The molecule has 19 heavy (non-hydrogen) atoms. The van der Waals surface area contributed by atoms with Crippen LogP contribution in [0, 0.1) is 0 Å². The Hall–Kier alpha value is -1.37. The van der Waals surface area contributed by atoms with Gasteiger partial charge in [-0.05, 0) is 18.4 Å². The Morgan fingerprint density at radius 3 is 2.68 bits per heavy atom. The summed E-state index contributed by atoms with van der Waals surface area (Å²) in [6.45, 7) is 0. The average Bonchev–Trinajstić information content (AvgIpc) is 2.42. The second-order valence-corrected chi connectivity index (χ2v) is 4.99. The van der Waals surface area contributed by atoms with Gasteiger partial charge in [0.1, 0.15) is 5.82 Å². The number of rotatable bonds is 3. The van der Waals surface area contributed by atoms with E-state index in [1.165, 1.54) is 24.2 Å². The van der Waals surface area contributed by atoms with Gasteiger partial charge in [-0.15, -0.1) is 0 Å². The Bertz CT molecular complexity index is 606. The molecule has 8 heteroatoms. The van der Waals surface area contributed by atoms with Crippen molar-refractivity contribution in [3.05, 3.63) is 40.3 Å². The van der Waals surface area contributed by atoms with Crippen LogP contribution in [0.3, 0.4) is 0 Å². The van der Waals surface area contributed by atoms with Crippen molar-refractivity contribution >= 4 is 46.7 Å². The SMILES string of the molecule is CSc1ncc(Cl)c(C(=O)Nc2ccc(Cl)cn2)n1. The first-order valence-electron chi connectivity index (χ1n) is 5.09. The van der Waals surface area contributed by atoms with E-state index in [2.05, 4.69) is 20.3 Å². The summed E-state index contributed by atoms with van der Waals surface area (Å²) in [5.74, 6) is -0.0766. The Kier molecular flexibility index (Phi) is 4.57. The number of nitrogens with one attached hydrogen (secondary N) is 1. The zero-order valence-corrected chi connectivity index (χ0v) is 12.1. The van der Waals surface area contributed by atoms with E-state index >= 15 is 0 Å². The van der Waals surface area contributed by atoms with Gasteiger partial charge in [-0.1, -0.05) is 35.0 Å². The van der Waals surface area contributed by atoms with Crippen LogP contribution >= 0.6 is 35.0 Å². The van der Waals surface area contributed by atoms with Crippen molar-refractivity contribution in [1.29, 1.82) is 0 Å². The van der Waals surface area contributed by atoms with Crippen molar-refractivity contribution in [3.63, 3.8) is 0 Å². The van der Waals surface area contributed by atoms with Crippen LogP contribution in [0.4, 0.5) is 5.82 Å². The second-order valence-electron chi connectivity index (χ2n) is 3.37. The van der Waals surface area contributed by atoms with E-state index in [4.69, 9.17) is 23.2 Å². The molecule has 0 unspecified atom stereocenters. The van der Waals surface area contributed by atoms with Crippen LogP contribution in [0.15, 0.2) is 29.7 Å². The van der Waals surface area contributed by atoms with Crippen molar-refractivity contribution in [1.82, 2.24) is 15.0 Å². The number of hydrogen-bond acceptors (Lipinski definition) is 5. The van der Waals surface area contributed by atoms with Gasteiger partial charge in [0.15, 0.2) is 10.9 Å². The summed E-state index contributed by atoms with van der Waals surface area (Å²) in [5, 5.41) is 3.73. The Labute approximate surface area is 123 Å². The summed E-state index contributed by atoms with van der Waals surface area (Å²) in [5.41, 5.74) is 0.109. The molecule has 0 saturated heterocycles. The number of thioether (sulfide) groups is 1. The third-order valence-corrected chi connectivity index (χ3v) is 3.15. The second kappa shape index (κ2) is 6.18. The Morgan fingerprint density at radius 2 is 2.05 bits per heavy atom. The van der Waals surface area contributed by atoms with Gasteiger partial charge in [-0.25, -0.2) is 15.0 Å². The minimum atomic E-state index is -0.447. The van der Waals surface area contributed by atoms with Crippen molar-refractivity contribution < 1.29 is 4.79 Å². The highest BCUT2D eigenvalue weighted by atomic mass is 35.5. The zero-order chi connectivity index (χ0) is 13.8. The minimum absolute atomic E-state index is 0.109. The van der Waals surface area contributed by atoms with Crippen LogP contribution in [0.25, 0.3) is 0 Å². The molecule has 0 aliphatic heterocycles. The summed E-state index contributed by atoms with van der Waals surface area (Å²) in [6.07, 6.45) is 4.64. The van der Waals surface area contributed by atoms with Gasteiger partial charge < -0.3 is 5.32 Å². The monoisotopic (exact) mass is 314 g/mol. The molecule has 0 spiro atoms. The van der Waals surface area contributed by atoms with Crippen molar-refractivity contribution in [2.45, 2.75) is 5.16 Å². The van der Waals surface area contributed by atoms with Gasteiger partial charge in [0.2, 0.25) is 0 Å². The molecule has 1 amide bonds. The van der Waals surface area contributed by atoms with Gasteiger partial charge in [-0.2, -0.15) is 0 Å². The molecule has 0 fully saturated rings. The van der Waals surface area contributed by atoms with Crippen LogP contribution in [0.2, 0.25) is 10.0 Å². The summed E-state index contributed by atoms with van der Waals surface area (Å²) >= 11 is 12.9. The normalized spacial score (nSPS) is 10.3. The number of halogens is 2. The molecule has 2 aromatic heterocycles. The molecule has 5 nitrogen and oxygen atoms in total. The molecule has 0 radical (unpaired) electrons. The van der Waals surface area contributed by atoms with Gasteiger partial charge >= 0.3 is 0 Å². The molecule has 0 saturated carbocycles. The third-order valence-electron chi connectivity index (χ3n) is 2.09. The number of carbonyl (C=O) groups is 1. The maximum Gasteiger partial charge on any atom is 0.277 e. The largest absolute Gasteiger partial charge is 0.305 e. The number of hydrogen-bond donors (Lipinski definition) is 1. The van der Waals surface area contributed by atoms with Gasteiger partial charge in [0.25, 0.3) is 5.91 Å². The molecule has 1 N–H and O–H groups in total. The molecule has 0 aromatic carbocycles. The minimum Gasteiger partial charge on any atom is -0.305 e. The van der Waals surface area contributed by atoms with Crippen LogP contribution in [0.5, 0.6) is 0 Å². The van der Waals surface area contributed by atoms with E-state index in [-0.39, 0.29) is 10.7 Å². The lowest BCUT2D eigenvalue weighted by atomic mass is 10.3. The standard InChI is InChI=1S/C11H8Cl2N4OS/c1-19-11-15-5-7(13)9(17-11)10(18)16-8-3-2-6(12)4-14-8/h2-5H,1H3,(H,14,16,18). The third kappa shape index (κ3) is 3.56. The predicted molar refractivity (Wildman–Crippen MR) is 76.0 cm³/mol. The van der Waals surface area contributed by atoms with Crippen molar-refractivity contribution in [3.8, 4) is 0 Å². The van der Waals surface area contributed by atoms with E-state index in [1.54, 1.807) is 12.1 Å². The smallest absolute Gasteiger partial charge is 0.277 e. The predicted octanol–water partition coefficient (Wildman–Crippen LogP) is 3.15. The molecule has 0 bridgehead atoms. The topological polar surface area (TPSA) is 67.8 Å². The van der Waals surface area contributed by atoms with Crippen LogP contribution < -0.4 is 5.32 Å². The van der Waals surface area contributed by atoms with Crippen LogP contribution in [0.1, 0.15) is 10.5 Å². The molecule has 0 aliphatic rings. The Balaban J connectivity index is 2.22. The molecular formula is C11H8Cl2N4OS. The highest BCUT2D eigenvalue weighted by Crippen LogP contribution is 2.18. The maximum absolute atomic E-state index is 12.0. The number of pyridine rings is 1. The molecule has 2 rings (SSSR count). The molecule has 2 aromatic rings. The fourth-order valence-corrected chi connectivity index (χ4v) is 1.86. The van der Waals surface area contributed by atoms with Gasteiger partial charge in [0, 0.05) is 6.20 Å². The molecule has 98 valence electrons. The number of anilines is 1. The summed E-state index contributed by atoms with van der Waals surface area (Å²) < 4.78 is 0. The fraction of sp³-hybridized carbons (Fsp3) is 0.0909. The molecule has 0 aliphatic carbocycles. The van der Waals surface area contributed by atoms with E-state index in [9.17, 15) is 4.79 Å². The lowest BCUT2D eigenvalue weighted by Gasteiger charge is -2.06. The summed E-state index contributed by atoms with van der Waals surface area (Å²) in [4.78, 5) is 24.0. The highest BCUT2D eigenvalue weighted by molar-refractivity contribution is 7.98. The van der Waals surface area contributed by atoms with Gasteiger partial charge in [0.05, 0.1) is 16.2 Å². The average molecular weight is 315 g/mol. The van der Waals surface area contributed by atoms with E-state index in [0.29, 0.717) is 16.0 Å². The molecule has 2 heterocycles. The van der Waals surface area contributed by atoms with E-state index < -0.39 is 5.91 Å². The van der Waals surface area contributed by atoms with Crippen molar-refractivity contribution in [2.24, 2.45) is 0 Å². The van der Waals surface area contributed by atoms with Gasteiger partial charge in [-0.3, -0.25) is 4.79 Å². The molecular weight excluding hydrogens is 307 g/mol. The maximum atomic E-state index is 12.0. The number of aromatic nitrogens is 3. The Morgan fingerprint density at radius 1 is 1.26 bits per heavy atom. The summed E-state index contributed by atoms with van der Waals surface area (Å²) in [6, 6.07) is 3.21. The number of carbonyl (C=O) groups excluding carboxylic acids is 1. The first-order valence-corrected chi connectivity index (χ1v) is 7.07. The van der Waals surface area contributed by atoms with E-state index in [0.717, 1.165) is 0 Å². The number of nitrogens with zero attached hydrogens (tertiary/aromatic N) is 3. The van der Waals surface area contributed by atoms with Crippen molar-refractivity contribution in [2.75, 3.05) is 11.6 Å². The van der Waals surface area contributed by atoms with Crippen LogP contribution in [-0.2, 0) is 0 Å². The van der Waals surface area contributed by atoms with E-state index in [1.807, 2.05) is 6.26 Å². The van der Waals surface area contributed by atoms with Crippen LogP contribution in [-0.4, -0.2) is 27.1 Å². The lowest BCUT2D eigenvalue weighted by molar-refractivity contribution is 0.102. The quantitative estimate of drug-likeness (QED) is 0.696. The first-order chi connectivity index (χ1) is 9.10. The number of amides is 1. The lowest BCUT2D eigenvalue weighted by Crippen LogP contribution is -2.15. The first kappa shape index (κ1) is 14.0. The zero-order valence-electron chi connectivity index (χ0n) is 9.72.